The molecule has 1 aromatic rings. The number of rotatable bonds is 11. The molecular weight excluding hydrogens is 352 g/mol. The van der Waals surface area contributed by atoms with E-state index in [0.717, 1.165) is 50.3 Å². The second-order valence-corrected chi connectivity index (χ2v) is 8.11. The normalized spacial score (nSPS) is 16.4. The van der Waals surface area contributed by atoms with E-state index in [9.17, 15) is 5.11 Å². The average Bonchev–Trinajstić information content (AvgIpc) is 3.18. The minimum atomic E-state index is 0.230. The molecule has 0 amide bonds. The van der Waals surface area contributed by atoms with E-state index in [1.807, 2.05) is 18.3 Å². The maximum Gasteiger partial charge on any atom is 0.213 e. The van der Waals surface area contributed by atoms with Crippen LogP contribution in [0.15, 0.2) is 23.3 Å². The molecule has 0 spiro atoms. The van der Waals surface area contributed by atoms with Gasteiger partial charge in [0.2, 0.25) is 5.88 Å². The fraction of sp³-hybridized carbons (Fsp3) is 0.727. The van der Waals surface area contributed by atoms with E-state index in [2.05, 4.69) is 41.4 Å². The first-order valence-corrected chi connectivity index (χ1v) is 10.8. The first-order valence-electron chi connectivity index (χ1n) is 10.8. The Hall–Kier alpha value is -1.82. The number of pyridine rings is 1. The summed E-state index contributed by atoms with van der Waals surface area (Å²) < 4.78 is 5.92. The monoisotopic (exact) mass is 390 g/mol. The van der Waals surface area contributed by atoms with Crippen molar-refractivity contribution in [1.82, 2.24) is 15.6 Å². The number of aliphatic imine (C=N–C) groups is 1. The lowest BCUT2D eigenvalue weighted by molar-refractivity contribution is 0.201. The molecule has 1 unspecified atom stereocenters. The van der Waals surface area contributed by atoms with E-state index in [4.69, 9.17) is 4.74 Å². The van der Waals surface area contributed by atoms with Gasteiger partial charge in [0.15, 0.2) is 5.96 Å². The molecule has 1 saturated carbocycles. The summed E-state index contributed by atoms with van der Waals surface area (Å²) in [5, 5.41) is 16.0. The minimum Gasteiger partial charge on any atom is -0.474 e. The molecule has 6 nitrogen and oxygen atoms in total. The molecule has 0 saturated heterocycles. The highest BCUT2D eigenvalue weighted by atomic mass is 16.5. The number of aromatic nitrogens is 1. The molecule has 1 aromatic heterocycles. The Morgan fingerprint density at radius 2 is 2.07 bits per heavy atom. The molecule has 1 aliphatic carbocycles. The molecule has 1 atom stereocenters. The lowest BCUT2D eigenvalue weighted by Crippen LogP contribution is -2.40. The number of hydrogen-bond acceptors (Lipinski definition) is 4. The number of nitrogens with zero attached hydrogens (tertiary/aromatic N) is 2. The van der Waals surface area contributed by atoms with Crippen LogP contribution in [0.5, 0.6) is 5.88 Å². The maximum atomic E-state index is 9.29. The number of guanidine groups is 1. The van der Waals surface area contributed by atoms with Crippen LogP contribution < -0.4 is 15.4 Å². The summed E-state index contributed by atoms with van der Waals surface area (Å²) >= 11 is 0. The zero-order valence-corrected chi connectivity index (χ0v) is 17.8. The van der Waals surface area contributed by atoms with Crippen LogP contribution >= 0.6 is 0 Å². The quantitative estimate of drug-likeness (QED) is 0.398. The van der Waals surface area contributed by atoms with Crippen molar-refractivity contribution in [3.05, 3.63) is 23.9 Å². The van der Waals surface area contributed by atoms with Gasteiger partial charge >= 0.3 is 0 Å². The highest BCUT2D eigenvalue weighted by Crippen LogP contribution is 2.23. The van der Waals surface area contributed by atoms with Crippen molar-refractivity contribution in [2.24, 2.45) is 16.8 Å². The van der Waals surface area contributed by atoms with E-state index < -0.39 is 0 Å². The van der Waals surface area contributed by atoms with Crippen molar-refractivity contribution in [2.45, 2.75) is 71.9 Å². The van der Waals surface area contributed by atoms with Crippen LogP contribution in [0, 0.1) is 11.8 Å². The SMILES string of the molecule is CCNC(=NCc1ccc(OC2CCCC2)nc1)NCC(CCO)CC(C)C. The summed E-state index contributed by atoms with van der Waals surface area (Å²) in [6.45, 7) is 8.93. The Labute approximate surface area is 170 Å². The number of aliphatic hydroxyl groups is 1. The molecule has 6 heteroatoms. The molecule has 1 aliphatic rings. The highest BCUT2D eigenvalue weighted by molar-refractivity contribution is 5.79. The standard InChI is InChI=1S/C22H38N4O2/c1-4-23-22(25-14-18(11-12-27)13-17(2)3)26-16-19-9-10-21(24-15-19)28-20-7-5-6-8-20/h9-10,15,17-18,20,27H,4-8,11-14,16H2,1-3H3,(H2,23,25,26). The lowest BCUT2D eigenvalue weighted by atomic mass is 9.94. The van der Waals surface area contributed by atoms with Gasteiger partial charge in [-0.05, 0) is 62.8 Å². The smallest absolute Gasteiger partial charge is 0.213 e. The Kier molecular flexibility index (Phi) is 10.1. The van der Waals surface area contributed by atoms with Crippen molar-refractivity contribution >= 4 is 5.96 Å². The van der Waals surface area contributed by atoms with E-state index >= 15 is 0 Å². The Balaban J connectivity index is 1.86. The highest BCUT2D eigenvalue weighted by Gasteiger charge is 2.16. The molecule has 0 radical (unpaired) electrons. The predicted octanol–water partition coefficient (Wildman–Crippen LogP) is 3.50. The van der Waals surface area contributed by atoms with Gasteiger partial charge in [-0.25, -0.2) is 9.98 Å². The van der Waals surface area contributed by atoms with Crippen LogP contribution in [0.3, 0.4) is 0 Å². The Morgan fingerprint density at radius 3 is 2.68 bits per heavy atom. The summed E-state index contributed by atoms with van der Waals surface area (Å²) in [4.78, 5) is 9.12. The van der Waals surface area contributed by atoms with Crippen LogP contribution in [0.25, 0.3) is 0 Å². The molecule has 1 fully saturated rings. The minimum absolute atomic E-state index is 0.230. The molecule has 1 heterocycles. The topological polar surface area (TPSA) is 78.8 Å². The summed E-state index contributed by atoms with van der Waals surface area (Å²) in [5.74, 6) is 2.59. The number of hydrogen-bond donors (Lipinski definition) is 3. The second kappa shape index (κ2) is 12.6. The number of nitrogens with one attached hydrogen (secondary N) is 2. The fourth-order valence-electron chi connectivity index (χ4n) is 3.66. The number of ether oxygens (including phenoxy) is 1. The molecule has 2 rings (SSSR count). The first kappa shape index (κ1) is 22.5. The van der Waals surface area contributed by atoms with Gasteiger partial charge in [-0.1, -0.05) is 19.9 Å². The zero-order chi connectivity index (χ0) is 20.2. The van der Waals surface area contributed by atoms with Gasteiger partial charge in [0.25, 0.3) is 0 Å². The molecule has 0 aromatic carbocycles. The van der Waals surface area contributed by atoms with Crippen molar-refractivity contribution in [3.63, 3.8) is 0 Å². The maximum absolute atomic E-state index is 9.29. The molecule has 0 aliphatic heterocycles. The van der Waals surface area contributed by atoms with Crippen LogP contribution in [0.2, 0.25) is 0 Å². The summed E-state index contributed by atoms with van der Waals surface area (Å²) in [6.07, 6.45) is 8.89. The fourth-order valence-corrected chi connectivity index (χ4v) is 3.66. The van der Waals surface area contributed by atoms with Crippen molar-refractivity contribution < 1.29 is 9.84 Å². The lowest BCUT2D eigenvalue weighted by Gasteiger charge is -2.20. The van der Waals surface area contributed by atoms with Gasteiger partial charge in [-0.2, -0.15) is 0 Å². The van der Waals surface area contributed by atoms with Crippen LogP contribution in [-0.4, -0.2) is 41.9 Å². The molecule has 158 valence electrons. The zero-order valence-electron chi connectivity index (χ0n) is 17.8. The Bertz CT molecular complexity index is 568. The van der Waals surface area contributed by atoms with Crippen molar-refractivity contribution in [1.29, 1.82) is 0 Å². The molecular formula is C22H38N4O2. The number of aliphatic hydroxyl groups excluding tert-OH is 1. The van der Waals surface area contributed by atoms with E-state index in [1.54, 1.807) is 0 Å². The van der Waals surface area contributed by atoms with Gasteiger partial charge in [-0.3, -0.25) is 0 Å². The Morgan fingerprint density at radius 1 is 1.29 bits per heavy atom. The second-order valence-electron chi connectivity index (χ2n) is 8.11. The molecule has 28 heavy (non-hydrogen) atoms. The third-order valence-corrected chi connectivity index (χ3v) is 5.05. The van der Waals surface area contributed by atoms with E-state index in [0.29, 0.717) is 30.4 Å². The van der Waals surface area contributed by atoms with E-state index in [-0.39, 0.29) is 6.61 Å². The van der Waals surface area contributed by atoms with Crippen molar-refractivity contribution in [3.8, 4) is 5.88 Å². The van der Waals surface area contributed by atoms with Gasteiger partial charge in [0.1, 0.15) is 6.10 Å². The predicted molar refractivity (Wildman–Crippen MR) is 115 cm³/mol. The van der Waals surface area contributed by atoms with Crippen molar-refractivity contribution in [2.75, 3.05) is 19.7 Å². The largest absolute Gasteiger partial charge is 0.474 e. The molecule has 0 bridgehead atoms. The molecule has 3 N–H and O–H groups in total. The third-order valence-electron chi connectivity index (χ3n) is 5.05. The van der Waals surface area contributed by atoms with Crippen LogP contribution in [0.4, 0.5) is 0 Å². The van der Waals surface area contributed by atoms with Gasteiger partial charge in [0, 0.05) is 32.0 Å². The van der Waals surface area contributed by atoms with Gasteiger partial charge in [0.05, 0.1) is 6.54 Å². The average molecular weight is 391 g/mol. The summed E-state index contributed by atoms with van der Waals surface area (Å²) in [7, 11) is 0. The summed E-state index contributed by atoms with van der Waals surface area (Å²) in [5.41, 5.74) is 1.06. The van der Waals surface area contributed by atoms with Crippen LogP contribution in [0.1, 0.15) is 64.9 Å². The van der Waals surface area contributed by atoms with Gasteiger partial charge in [-0.15, -0.1) is 0 Å². The first-order chi connectivity index (χ1) is 13.6. The summed E-state index contributed by atoms with van der Waals surface area (Å²) in [6, 6.07) is 3.99. The third kappa shape index (κ3) is 8.46. The van der Waals surface area contributed by atoms with Crippen LogP contribution in [-0.2, 0) is 6.54 Å². The van der Waals surface area contributed by atoms with Gasteiger partial charge < -0.3 is 20.5 Å². The van der Waals surface area contributed by atoms with E-state index in [1.165, 1.54) is 12.8 Å².